The molecule has 1 aromatic rings. The molecule has 0 radical (unpaired) electrons. The normalized spacial score (nSPS) is 8.36. The molecule has 0 aliphatic heterocycles. The first-order valence-corrected chi connectivity index (χ1v) is 4.08. The lowest BCUT2D eigenvalue weighted by molar-refractivity contribution is 0.667. The van der Waals surface area contributed by atoms with E-state index in [2.05, 4.69) is 17.3 Å². The van der Waals surface area contributed by atoms with E-state index in [4.69, 9.17) is 0 Å². The van der Waals surface area contributed by atoms with Crippen LogP contribution in [0.15, 0.2) is 12.3 Å². The second kappa shape index (κ2) is 5.77. The van der Waals surface area contributed by atoms with Crippen molar-refractivity contribution < 1.29 is 0 Å². The molecule has 1 heterocycles. The summed E-state index contributed by atoms with van der Waals surface area (Å²) in [5.41, 5.74) is 0. The number of anilines is 1. The second-order valence-corrected chi connectivity index (χ2v) is 1.78. The number of nitrogens with one attached hydrogen (secondary N) is 1. The molecule has 1 aromatic heterocycles. The molecule has 3 heteroatoms. The number of aromatic nitrogens is 2. The van der Waals surface area contributed by atoms with Crippen molar-refractivity contribution in [3.05, 3.63) is 12.3 Å². The van der Waals surface area contributed by atoms with Crippen molar-refractivity contribution in [3.8, 4) is 0 Å². The number of hydrogen-bond acceptors (Lipinski definition) is 2. The van der Waals surface area contributed by atoms with Gasteiger partial charge in [0.25, 0.3) is 0 Å². The van der Waals surface area contributed by atoms with Crippen molar-refractivity contribution >= 4 is 5.82 Å². The van der Waals surface area contributed by atoms with E-state index in [1.807, 2.05) is 31.6 Å². The Labute approximate surface area is 68.4 Å². The van der Waals surface area contributed by atoms with Crippen molar-refractivity contribution in [1.82, 2.24) is 9.78 Å². The van der Waals surface area contributed by atoms with Gasteiger partial charge in [-0.25, -0.2) is 0 Å². The lowest BCUT2D eigenvalue weighted by atomic mass is 10.6. The van der Waals surface area contributed by atoms with Crippen molar-refractivity contribution in [3.63, 3.8) is 0 Å². The third kappa shape index (κ3) is 2.62. The van der Waals surface area contributed by atoms with Crippen LogP contribution < -0.4 is 5.32 Å². The monoisotopic (exact) mass is 155 g/mol. The molecule has 0 fully saturated rings. The number of aryl methyl sites for hydroxylation is 1. The van der Waals surface area contributed by atoms with Crippen LogP contribution in [0.3, 0.4) is 0 Å². The van der Waals surface area contributed by atoms with E-state index in [1.165, 1.54) is 0 Å². The van der Waals surface area contributed by atoms with E-state index in [9.17, 15) is 0 Å². The quantitative estimate of drug-likeness (QED) is 0.707. The highest BCUT2D eigenvalue weighted by Crippen LogP contribution is 2.02. The molecule has 1 rings (SSSR count). The van der Waals surface area contributed by atoms with Gasteiger partial charge >= 0.3 is 0 Å². The van der Waals surface area contributed by atoms with Crippen LogP contribution in [0.2, 0.25) is 0 Å². The zero-order valence-corrected chi connectivity index (χ0v) is 7.76. The summed E-state index contributed by atoms with van der Waals surface area (Å²) >= 11 is 0. The van der Waals surface area contributed by atoms with Gasteiger partial charge in [-0.1, -0.05) is 13.8 Å². The largest absolute Gasteiger partial charge is 0.373 e. The summed E-state index contributed by atoms with van der Waals surface area (Å²) < 4.78 is 1.90. The molecule has 0 bridgehead atoms. The fourth-order valence-electron chi connectivity index (χ4n) is 0.797. The maximum Gasteiger partial charge on any atom is 0.123 e. The van der Waals surface area contributed by atoms with E-state index < -0.39 is 0 Å². The van der Waals surface area contributed by atoms with E-state index in [-0.39, 0.29) is 0 Å². The fraction of sp³-hybridized carbons (Fsp3) is 0.625. The molecule has 1 N–H and O–H groups in total. The smallest absolute Gasteiger partial charge is 0.123 e. The maximum atomic E-state index is 4.06. The van der Waals surface area contributed by atoms with E-state index in [0.29, 0.717) is 0 Å². The topological polar surface area (TPSA) is 29.9 Å². The van der Waals surface area contributed by atoms with Crippen LogP contribution >= 0.6 is 0 Å². The summed E-state index contributed by atoms with van der Waals surface area (Å²) in [5.74, 6) is 1.07. The standard InChI is InChI=1S/C6H11N3.C2H6/c1-3-9-6(7-2)4-5-8-9;1-2/h4-5,7H,3H2,1-2H3;1-2H3. The van der Waals surface area contributed by atoms with Gasteiger partial charge in [0.15, 0.2) is 0 Å². The van der Waals surface area contributed by atoms with E-state index in [1.54, 1.807) is 6.20 Å². The first-order chi connectivity index (χ1) is 5.38. The predicted molar refractivity (Wildman–Crippen MR) is 48.8 cm³/mol. The van der Waals surface area contributed by atoms with Crippen LogP contribution in [0.5, 0.6) is 0 Å². The molecule has 3 nitrogen and oxygen atoms in total. The van der Waals surface area contributed by atoms with Gasteiger partial charge in [0.1, 0.15) is 5.82 Å². The molecule has 0 aromatic carbocycles. The Bertz CT molecular complexity index is 163. The van der Waals surface area contributed by atoms with E-state index >= 15 is 0 Å². The Balaban J connectivity index is 0.000000461. The molecule has 0 saturated heterocycles. The molecule has 0 unspecified atom stereocenters. The minimum atomic E-state index is 0.920. The van der Waals surface area contributed by atoms with Crippen molar-refractivity contribution in [1.29, 1.82) is 0 Å². The first kappa shape index (κ1) is 10.0. The Morgan fingerprint density at radius 3 is 2.55 bits per heavy atom. The second-order valence-electron chi connectivity index (χ2n) is 1.78. The van der Waals surface area contributed by atoms with Gasteiger partial charge in [0.05, 0.1) is 6.20 Å². The Hall–Kier alpha value is -0.990. The van der Waals surface area contributed by atoms with Crippen molar-refractivity contribution in [2.75, 3.05) is 12.4 Å². The summed E-state index contributed by atoms with van der Waals surface area (Å²) in [6, 6.07) is 1.95. The summed E-state index contributed by atoms with van der Waals surface area (Å²) in [6.07, 6.45) is 1.79. The highest BCUT2D eigenvalue weighted by Gasteiger charge is 1.93. The maximum absolute atomic E-state index is 4.06. The Morgan fingerprint density at radius 1 is 1.55 bits per heavy atom. The third-order valence-electron chi connectivity index (χ3n) is 1.27. The van der Waals surface area contributed by atoms with Crippen molar-refractivity contribution in [2.24, 2.45) is 0 Å². The summed E-state index contributed by atoms with van der Waals surface area (Å²) in [7, 11) is 1.89. The van der Waals surface area contributed by atoms with Gasteiger partial charge in [0, 0.05) is 19.7 Å². The predicted octanol–water partition coefficient (Wildman–Crippen LogP) is 1.97. The Morgan fingerprint density at radius 2 is 2.18 bits per heavy atom. The molecule has 0 aliphatic rings. The molecular weight excluding hydrogens is 138 g/mol. The zero-order chi connectivity index (χ0) is 8.69. The lowest BCUT2D eigenvalue weighted by Crippen LogP contribution is -2.01. The number of rotatable bonds is 2. The highest BCUT2D eigenvalue weighted by molar-refractivity contribution is 5.32. The minimum absolute atomic E-state index is 0.920. The molecule has 0 spiro atoms. The molecule has 0 saturated carbocycles. The van der Waals surface area contributed by atoms with Gasteiger partial charge in [0.2, 0.25) is 0 Å². The van der Waals surface area contributed by atoms with Crippen LogP contribution in [0.1, 0.15) is 20.8 Å². The van der Waals surface area contributed by atoms with Crippen LogP contribution in [0.4, 0.5) is 5.82 Å². The molecule has 0 amide bonds. The average molecular weight is 155 g/mol. The number of nitrogens with zero attached hydrogens (tertiary/aromatic N) is 2. The number of hydrogen-bond donors (Lipinski definition) is 1. The third-order valence-corrected chi connectivity index (χ3v) is 1.27. The summed E-state index contributed by atoms with van der Waals surface area (Å²) in [6.45, 7) is 6.98. The molecule has 64 valence electrons. The average Bonchev–Trinajstić information content (AvgIpc) is 2.54. The summed E-state index contributed by atoms with van der Waals surface area (Å²) in [4.78, 5) is 0. The molecule has 11 heavy (non-hydrogen) atoms. The van der Waals surface area contributed by atoms with Crippen LogP contribution in [-0.2, 0) is 6.54 Å². The lowest BCUT2D eigenvalue weighted by Gasteiger charge is -2.00. The van der Waals surface area contributed by atoms with E-state index in [0.717, 1.165) is 12.4 Å². The summed E-state index contributed by atoms with van der Waals surface area (Å²) in [5, 5.41) is 7.09. The molecule has 0 aliphatic carbocycles. The van der Waals surface area contributed by atoms with Gasteiger partial charge in [-0.15, -0.1) is 0 Å². The highest BCUT2D eigenvalue weighted by atomic mass is 15.3. The minimum Gasteiger partial charge on any atom is -0.373 e. The zero-order valence-electron chi connectivity index (χ0n) is 7.76. The van der Waals surface area contributed by atoms with Gasteiger partial charge in [-0.2, -0.15) is 5.10 Å². The molecule has 0 atom stereocenters. The fourth-order valence-corrected chi connectivity index (χ4v) is 0.797. The van der Waals surface area contributed by atoms with Gasteiger partial charge in [-0.3, -0.25) is 4.68 Å². The van der Waals surface area contributed by atoms with Gasteiger partial charge in [-0.05, 0) is 6.92 Å². The van der Waals surface area contributed by atoms with Crippen LogP contribution in [0, 0.1) is 0 Å². The first-order valence-electron chi connectivity index (χ1n) is 4.08. The van der Waals surface area contributed by atoms with Crippen LogP contribution in [-0.4, -0.2) is 16.8 Å². The SMILES string of the molecule is CC.CCn1nccc1NC. The van der Waals surface area contributed by atoms with Crippen molar-refractivity contribution in [2.45, 2.75) is 27.3 Å². The molecular formula is C8H17N3. The Kier molecular flexibility index (Phi) is 5.25. The van der Waals surface area contributed by atoms with Crippen LogP contribution in [0.25, 0.3) is 0 Å². The van der Waals surface area contributed by atoms with Gasteiger partial charge < -0.3 is 5.32 Å².